The molecule has 0 bridgehead atoms. The molecule has 0 aliphatic rings. The van der Waals surface area contributed by atoms with Crippen molar-refractivity contribution in [3.63, 3.8) is 0 Å². The van der Waals surface area contributed by atoms with Crippen molar-refractivity contribution in [2.24, 2.45) is 0 Å². The van der Waals surface area contributed by atoms with Crippen LogP contribution in [0.25, 0.3) is 0 Å². The van der Waals surface area contributed by atoms with Crippen LogP contribution in [0.5, 0.6) is 0 Å². The summed E-state index contributed by atoms with van der Waals surface area (Å²) in [5, 5.41) is 0. The first kappa shape index (κ1) is 22.6. The summed E-state index contributed by atoms with van der Waals surface area (Å²) in [5.41, 5.74) is 0. The minimum atomic E-state index is 0. The van der Waals surface area contributed by atoms with E-state index in [0.717, 1.165) is 0 Å². The van der Waals surface area contributed by atoms with E-state index in [1.165, 1.54) is 19.3 Å². The monoisotopic (exact) mass is 93.1 g/mol. The molecule has 35 valence electrons. The van der Waals surface area contributed by atoms with Crippen LogP contribution in [0.3, 0.4) is 0 Å². The quantitative estimate of drug-likeness (QED) is 0.447. The molecule has 0 rings (SSSR count). The van der Waals surface area contributed by atoms with Crippen molar-refractivity contribution in [3.8, 4) is 0 Å². The van der Waals surface area contributed by atoms with Gasteiger partial charge in [0.2, 0.25) is 0 Å². The van der Waals surface area contributed by atoms with Crippen LogP contribution in [0, 0.1) is 0 Å². The maximum Gasteiger partial charge on any atom is 0 e. The molecule has 0 fully saturated rings. The van der Waals surface area contributed by atoms with Gasteiger partial charge in [-0.05, 0) is 0 Å². The molecule has 0 N–H and O–H groups in total. The Morgan fingerprint density at radius 1 is 0.750 bits per heavy atom. The number of unbranched alkanes of at least 4 members (excludes halogenated alkanes) is 2. The van der Waals surface area contributed by atoms with Gasteiger partial charge in [-0.1, -0.05) is 33.1 Å². The minimum Gasteiger partial charge on any atom is -0.0654 e. The first-order valence-electron chi connectivity index (χ1n) is 2.41. The Morgan fingerprint density at radius 3 is 1.00 bits per heavy atom. The van der Waals surface area contributed by atoms with E-state index in [4.69, 9.17) is 0 Å². The predicted molar refractivity (Wildman–Crippen MR) is 42.5 cm³/mol. The number of hydrogen-bond donors (Lipinski definition) is 0. The summed E-state index contributed by atoms with van der Waals surface area (Å²) < 4.78 is 0. The van der Waals surface area contributed by atoms with Crippen LogP contribution in [0.4, 0.5) is 0 Å². The zero-order valence-corrected chi connectivity index (χ0v) is 7.12. The largest absolute Gasteiger partial charge is 0.0654 e. The van der Waals surface area contributed by atoms with Gasteiger partial charge in [-0.15, -0.1) is 0 Å². The van der Waals surface area contributed by atoms with E-state index in [0.29, 0.717) is 0 Å². The van der Waals surface area contributed by atoms with Crippen LogP contribution in [0.15, 0.2) is 0 Å². The van der Waals surface area contributed by atoms with Crippen LogP contribution in [-0.4, -0.2) is 56.6 Å². The van der Waals surface area contributed by atoms with Gasteiger partial charge >= 0.3 is 0 Å². The second-order valence-corrected chi connectivity index (χ2v) is 1.35. The van der Waals surface area contributed by atoms with Crippen LogP contribution < -0.4 is 0 Å². The summed E-state index contributed by atoms with van der Waals surface area (Å²) in [5.74, 6) is 0. The van der Waals surface area contributed by atoms with Crippen LogP contribution in [0.2, 0.25) is 0 Å². The Bertz CT molecular complexity index is 15.1. The molecule has 0 saturated heterocycles. The zero-order chi connectivity index (χ0) is 4.12. The van der Waals surface area contributed by atoms with Gasteiger partial charge in [0, 0.05) is 56.6 Å². The smallest absolute Gasteiger partial charge is 0 e. The Morgan fingerprint density at radius 2 is 1.00 bits per heavy atom. The van der Waals surface area contributed by atoms with Gasteiger partial charge in [0.15, 0.2) is 0 Å². The summed E-state index contributed by atoms with van der Waals surface area (Å²) >= 11 is 0. The fourth-order valence-electron chi connectivity index (χ4n) is 0.354. The fourth-order valence-corrected chi connectivity index (χ4v) is 0.354. The zero-order valence-electron chi connectivity index (χ0n) is 7.12. The molecule has 0 aromatic rings. The Labute approximate surface area is 89.1 Å². The van der Waals surface area contributed by atoms with Gasteiger partial charge in [0.25, 0.3) is 0 Å². The number of hydrogen-bond acceptors (Lipinski definition) is 0. The predicted octanol–water partition coefficient (Wildman–Crippen LogP) is 1.05. The molecule has 0 heterocycles. The van der Waals surface area contributed by atoms with Crippen LogP contribution in [-0.2, 0) is 0 Å². The average molecular weight is 93.0 g/mol. The van der Waals surface area contributed by atoms with Crippen LogP contribution >= 0.6 is 0 Å². The molecular formula is C5H12Li3. The Hall–Kier alpha value is 1.79. The molecule has 3 heteroatoms. The van der Waals surface area contributed by atoms with Crippen molar-refractivity contribution in [2.45, 2.75) is 33.1 Å². The van der Waals surface area contributed by atoms with E-state index in [1.54, 1.807) is 0 Å². The summed E-state index contributed by atoms with van der Waals surface area (Å²) in [6, 6.07) is 0. The second kappa shape index (κ2) is 23.2. The van der Waals surface area contributed by atoms with Crippen molar-refractivity contribution in [1.29, 1.82) is 0 Å². The maximum absolute atomic E-state index is 2.21. The average Bonchev–Trinajstić information content (AvgIpc) is 1.41. The van der Waals surface area contributed by atoms with Crippen molar-refractivity contribution in [3.05, 3.63) is 0 Å². The first-order valence-corrected chi connectivity index (χ1v) is 2.41. The fraction of sp³-hybridized carbons (Fsp3) is 1.00. The van der Waals surface area contributed by atoms with Crippen molar-refractivity contribution >= 4 is 56.6 Å². The molecule has 0 spiro atoms. The molecule has 0 unspecified atom stereocenters. The van der Waals surface area contributed by atoms with Crippen molar-refractivity contribution in [1.82, 2.24) is 0 Å². The van der Waals surface area contributed by atoms with Crippen LogP contribution in [0.1, 0.15) is 33.1 Å². The van der Waals surface area contributed by atoms with Crippen molar-refractivity contribution in [2.75, 3.05) is 0 Å². The minimum absolute atomic E-state index is 0. The summed E-state index contributed by atoms with van der Waals surface area (Å²) in [4.78, 5) is 0. The van der Waals surface area contributed by atoms with Gasteiger partial charge in [0.1, 0.15) is 0 Å². The topological polar surface area (TPSA) is 0 Å². The molecule has 0 amide bonds. The molecule has 0 saturated carbocycles. The third-order valence-electron chi connectivity index (χ3n) is 0.707. The molecule has 3 radical (unpaired) electrons. The molecule has 0 aromatic carbocycles. The van der Waals surface area contributed by atoms with Crippen molar-refractivity contribution < 1.29 is 0 Å². The molecule has 0 nitrogen and oxygen atoms in total. The molecule has 0 aliphatic carbocycles. The van der Waals surface area contributed by atoms with Gasteiger partial charge in [-0.3, -0.25) is 0 Å². The normalized spacial score (nSPS) is 5.25. The maximum atomic E-state index is 2.21. The van der Waals surface area contributed by atoms with E-state index in [2.05, 4.69) is 13.8 Å². The summed E-state index contributed by atoms with van der Waals surface area (Å²) in [6.45, 7) is 4.42. The molecule has 0 aromatic heterocycles. The SMILES string of the molecule is CCCCC.[Li].[Li].[Li]. The van der Waals surface area contributed by atoms with E-state index < -0.39 is 0 Å². The Kier molecular flexibility index (Phi) is 65.6. The third-order valence-corrected chi connectivity index (χ3v) is 0.707. The summed E-state index contributed by atoms with van der Waals surface area (Å²) in [7, 11) is 0. The molecule has 0 atom stereocenters. The third kappa shape index (κ3) is 25.0. The van der Waals surface area contributed by atoms with E-state index in [1.807, 2.05) is 0 Å². The summed E-state index contributed by atoms with van der Waals surface area (Å²) in [6.07, 6.45) is 4.08. The van der Waals surface area contributed by atoms with Gasteiger partial charge in [-0.25, -0.2) is 0 Å². The molecule has 0 aliphatic heterocycles. The standard InChI is InChI=1S/C5H12.3Li/c1-3-5-4-2;;;/h3-5H2,1-2H3;;;. The van der Waals surface area contributed by atoms with E-state index in [9.17, 15) is 0 Å². The van der Waals surface area contributed by atoms with Gasteiger partial charge in [-0.2, -0.15) is 0 Å². The first-order chi connectivity index (χ1) is 2.41. The van der Waals surface area contributed by atoms with E-state index in [-0.39, 0.29) is 56.6 Å². The Balaban J connectivity index is -0.0000000267. The van der Waals surface area contributed by atoms with E-state index >= 15 is 0 Å². The molecular weight excluding hydrogens is 80.9 g/mol. The van der Waals surface area contributed by atoms with Gasteiger partial charge in [0.05, 0.1) is 0 Å². The van der Waals surface area contributed by atoms with Gasteiger partial charge < -0.3 is 0 Å². The molecule has 8 heavy (non-hydrogen) atoms. The second-order valence-electron chi connectivity index (χ2n) is 1.35. The number of rotatable bonds is 2.